The third-order valence-corrected chi connectivity index (χ3v) is 6.85. The van der Waals surface area contributed by atoms with Crippen LogP contribution in [0.2, 0.25) is 0 Å². The van der Waals surface area contributed by atoms with Gasteiger partial charge in [0.25, 0.3) is 0 Å². The van der Waals surface area contributed by atoms with Crippen molar-refractivity contribution >= 4 is 10.0 Å². The molecule has 2 aliphatic rings. The number of hydrogen-bond donors (Lipinski definition) is 0. The summed E-state index contributed by atoms with van der Waals surface area (Å²) in [6.07, 6.45) is 0.511. The van der Waals surface area contributed by atoms with Gasteiger partial charge in [0.2, 0.25) is 10.0 Å². The van der Waals surface area contributed by atoms with Gasteiger partial charge < -0.3 is 14.2 Å². The van der Waals surface area contributed by atoms with E-state index in [1.165, 1.54) is 4.31 Å². The molecule has 144 valence electrons. The molecule has 6 nitrogen and oxygen atoms in total. The van der Waals surface area contributed by atoms with Crippen molar-refractivity contribution in [3.8, 4) is 11.5 Å². The standard InChI is InChI=1S/C20H23NO5S/c1-15-14-26-17(11-16-5-3-2-4-6-16)13-21(15)27(22,23)18-7-8-19-20(12-18)25-10-9-24-19/h2-8,12,15,17H,9-11,13-14H2,1H3. The van der Waals surface area contributed by atoms with Crippen molar-refractivity contribution in [1.82, 2.24) is 4.31 Å². The second kappa shape index (κ2) is 7.50. The van der Waals surface area contributed by atoms with Gasteiger partial charge in [-0.25, -0.2) is 8.42 Å². The third-order valence-electron chi connectivity index (χ3n) is 4.87. The summed E-state index contributed by atoms with van der Waals surface area (Å²) in [4.78, 5) is 0.221. The number of morpholine rings is 1. The van der Waals surface area contributed by atoms with Crippen LogP contribution in [0.25, 0.3) is 0 Å². The summed E-state index contributed by atoms with van der Waals surface area (Å²) < 4.78 is 45.0. The fraction of sp³-hybridized carbons (Fsp3) is 0.400. The molecular formula is C20H23NO5S. The van der Waals surface area contributed by atoms with Crippen LogP contribution in [0.3, 0.4) is 0 Å². The number of fused-ring (bicyclic) bond motifs is 1. The molecule has 0 amide bonds. The molecule has 2 atom stereocenters. The highest BCUT2D eigenvalue weighted by molar-refractivity contribution is 7.89. The molecule has 7 heteroatoms. The van der Waals surface area contributed by atoms with E-state index in [2.05, 4.69) is 0 Å². The second-order valence-corrected chi connectivity index (χ2v) is 8.76. The highest BCUT2D eigenvalue weighted by atomic mass is 32.2. The van der Waals surface area contributed by atoms with Crippen LogP contribution in [0.5, 0.6) is 11.5 Å². The fourth-order valence-electron chi connectivity index (χ4n) is 3.45. The maximum absolute atomic E-state index is 13.3. The number of ether oxygens (including phenoxy) is 3. The van der Waals surface area contributed by atoms with Crippen LogP contribution in [-0.2, 0) is 21.2 Å². The highest BCUT2D eigenvalue weighted by Crippen LogP contribution is 2.34. The molecule has 2 heterocycles. The predicted molar refractivity (Wildman–Crippen MR) is 101 cm³/mol. The van der Waals surface area contributed by atoms with E-state index in [0.29, 0.717) is 44.3 Å². The molecule has 2 aromatic carbocycles. The molecule has 2 unspecified atom stereocenters. The molecule has 0 aromatic heterocycles. The lowest BCUT2D eigenvalue weighted by Gasteiger charge is -2.37. The van der Waals surface area contributed by atoms with Crippen molar-refractivity contribution in [2.45, 2.75) is 30.4 Å². The lowest BCUT2D eigenvalue weighted by Crippen LogP contribution is -2.51. The van der Waals surface area contributed by atoms with Crippen LogP contribution in [0.4, 0.5) is 0 Å². The zero-order chi connectivity index (χ0) is 18.9. The van der Waals surface area contributed by atoms with Crippen molar-refractivity contribution in [3.63, 3.8) is 0 Å². The summed E-state index contributed by atoms with van der Waals surface area (Å²) in [5.41, 5.74) is 1.13. The Morgan fingerprint density at radius 3 is 2.56 bits per heavy atom. The monoisotopic (exact) mass is 389 g/mol. The van der Waals surface area contributed by atoms with Gasteiger partial charge in [0.1, 0.15) is 13.2 Å². The fourth-order valence-corrected chi connectivity index (χ4v) is 5.11. The average molecular weight is 389 g/mol. The van der Waals surface area contributed by atoms with Gasteiger partial charge in [0, 0.05) is 18.7 Å². The summed E-state index contributed by atoms with van der Waals surface area (Å²) in [6.45, 7) is 3.47. The first kappa shape index (κ1) is 18.3. The molecule has 0 radical (unpaired) electrons. The first-order chi connectivity index (χ1) is 13.0. The molecule has 1 saturated heterocycles. The Hall–Kier alpha value is -2.09. The van der Waals surface area contributed by atoms with E-state index in [0.717, 1.165) is 5.56 Å². The van der Waals surface area contributed by atoms with Gasteiger partial charge in [-0.2, -0.15) is 4.31 Å². The molecule has 2 aliphatic heterocycles. The minimum absolute atomic E-state index is 0.171. The number of rotatable bonds is 4. The largest absolute Gasteiger partial charge is 0.486 e. The van der Waals surface area contributed by atoms with E-state index in [9.17, 15) is 8.42 Å². The average Bonchev–Trinajstić information content (AvgIpc) is 2.70. The summed E-state index contributed by atoms with van der Waals surface area (Å²) in [5, 5.41) is 0. The smallest absolute Gasteiger partial charge is 0.243 e. The maximum Gasteiger partial charge on any atom is 0.243 e. The van der Waals surface area contributed by atoms with Crippen LogP contribution in [0.1, 0.15) is 12.5 Å². The van der Waals surface area contributed by atoms with Crippen molar-refractivity contribution in [2.75, 3.05) is 26.4 Å². The van der Waals surface area contributed by atoms with Crippen molar-refractivity contribution < 1.29 is 22.6 Å². The molecule has 0 N–H and O–H groups in total. The molecule has 0 saturated carbocycles. The molecule has 27 heavy (non-hydrogen) atoms. The normalized spacial score (nSPS) is 23.1. The highest BCUT2D eigenvalue weighted by Gasteiger charge is 2.36. The Bertz CT molecular complexity index is 900. The topological polar surface area (TPSA) is 65.1 Å². The first-order valence-corrected chi connectivity index (χ1v) is 10.5. The predicted octanol–water partition coefficient (Wildman–Crippen LogP) is 2.48. The summed E-state index contributed by atoms with van der Waals surface area (Å²) in [6, 6.07) is 14.5. The van der Waals surface area contributed by atoms with Crippen molar-refractivity contribution in [3.05, 3.63) is 54.1 Å². The van der Waals surface area contributed by atoms with E-state index in [4.69, 9.17) is 14.2 Å². The van der Waals surface area contributed by atoms with E-state index in [1.54, 1.807) is 18.2 Å². The SMILES string of the molecule is CC1COC(Cc2ccccc2)CN1S(=O)(=O)c1ccc2c(c1)OCCO2. The summed E-state index contributed by atoms with van der Waals surface area (Å²) >= 11 is 0. The van der Waals surface area contributed by atoms with Gasteiger partial charge in [0.15, 0.2) is 11.5 Å². The molecule has 0 bridgehead atoms. The van der Waals surface area contributed by atoms with Gasteiger partial charge in [-0.3, -0.25) is 0 Å². The van der Waals surface area contributed by atoms with Crippen LogP contribution in [0.15, 0.2) is 53.4 Å². The molecule has 4 rings (SSSR count). The lowest BCUT2D eigenvalue weighted by atomic mass is 10.1. The Morgan fingerprint density at radius 1 is 1.04 bits per heavy atom. The number of benzene rings is 2. The van der Waals surface area contributed by atoms with Gasteiger partial charge in [-0.05, 0) is 31.0 Å². The maximum atomic E-state index is 13.3. The minimum Gasteiger partial charge on any atom is -0.486 e. The Labute approximate surface area is 159 Å². The zero-order valence-electron chi connectivity index (χ0n) is 15.2. The molecular weight excluding hydrogens is 366 g/mol. The van der Waals surface area contributed by atoms with E-state index < -0.39 is 10.0 Å². The Morgan fingerprint density at radius 2 is 1.78 bits per heavy atom. The van der Waals surface area contributed by atoms with Crippen LogP contribution in [0, 0.1) is 0 Å². The van der Waals surface area contributed by atoms with E-state index >= 15 is 0 Å². The molecule has 2 aromatic rings. The van der Waals surface area contributed by atoms with Gasteiger partial charge >= 0.3 is 0 Å². The van der Waals surface area contributed by atoms with Crippen molar-refractivity contribution in [2.24, 2.45) is 0 Å². The van der Waals surface area contributed by atoms with Gasteiger partial charge in [-0.15, -0.1) is 0 Å². The van der Waals surface area contributed by atoms with Crippen LogP contribution in [-0.4, -0.2) is 51.2 Å². The second-order valence-electron chi connectivity index (χ2n) is 6.87. The zero-order valence-corrected chi connectivity index (χ0v) is 16.0. The van der Waals surface area contributed by atoms with Crippen molar-refractivity contribution in [1.29, 1.82) is 0 Å². The molecule has 0 spiro atoms. The van der Waals surface area contributed by atoms with Gasteiger partial charge in [-0.1, -0.05) is 30.3 Å². The summed E-state index contributed by atoms with van der Waals surface area (Å²) in [7, 11) is -3.65. The quantitative estimate of drug-likeness (QED) is 0.804. The van der Waals surface area contributed by atoms with E-state index in [1.807, 2.05) is 37.3 Å². The summed E-state index contributed by atoms with van der Waals surface area (Å²) in [5.74, 6) is 1.06. The third kappa shape index (κ3) is 3.81. The minimum atomic E-state index is -3.65. The van der Waals surface area contributed by atoms with Crippen LogP contribution >= 0.6 is 0 Å². The Balaban J connectivity index is 1.56. The number of sulfonamides is 1. The molecule has 0 aliphatic carbocycles. The lowest BCUT2D eigenvalue weighted by molar-refractivity contribution is -0.0265. The van der Waals surface area contributed by atoms with E-state index in [-0.39, 0.29) is 17.0 Å². The first-order valence-electron chi connectivity index (χ1n) is 9.11. The molecule has 1 fully saturated rings. The van der Waals surface area contributed by atoms with Crippen LogP contribution < -0.4 is 9.47 Å². The van der Waals surface area contributed by atoms with Gasteiger partial charge in [0.05, 0.1) is 17.6 Å². The Kier molecular flexibility index (Phi) is 5.08. The number of hydrogen-bond acceptors (Lipinski definition) is 5. The number of nitrogens with zero attached hydrogens (tertiary/aromatic N) is 1.